The van der Waals surface area contributed by atoms with Crippen LogP contribution in [0.3, 0.4) is 0 Å². The van der Waals surface area contributed by atoms with Crippen LogP contribution in [0.15, 0.2) is 42.5 Å². The Kier molecular flexibility index (Phi) is 9.79. The van der Waals surface area contributed by atoms with E-state index >= 15 is 0 Å². The number of tetrazole rings is 1. The number of aliphatic carboxylic acids is 1. The maximum absolute atomic E-state index is 14.3. The van der Waals surface area contributed by atoms with Crippen molar-refractivity contribution in [2.45, 2.75) is 25.6 Å². The van der Waals surface area contributed by atoms with Gasteiger partial charge in [0.05, 0.1) is 6.42 Å². The molecule has 2 aromatic carbocycles. The van der Waals surface area contributed by atoms with E-state index in [-0.39, 0.29) is 36.1 Å². The van der Waals surface area contributed by atoms with Gasteiger partial charge in [0.1, 0.15) is 36.5 Å². The summed E-state index contributed by atoms with van der Waals surface area (Å²) in [6, 6.07) is 9.39. The zero-order valence-electron chi connectivity index (χ0n) is 19.2. The Bertz CT molecular complexity index is 1200. The van der Waals surface area contributed by atoms with E-state index in [0.717, 1.165) is 16.9 Å². The Balaban J connectivity index is 0.00000456. The Morgan fingerprint density at radius 1 is 1.14 bits per heavy atom. The molecule has 3 rings (SSSR count). The Morgan fingerprint density at radius 2 is 1.78 bits per heavy atom. The molecular formula is C22H23ClF2N6O5. The Morgan fingerprint density at radius 3 is 2.36 bits per heavy atom. The highest BCUT2D eigenvalue weighted by molar-refractivity contribution is 5.90. The van der Waals surface area contributed by atoms with Crippen LogP contribution >= 0.6 is 12.4 Å². The molecule has 0 saturated heterocycles. The molecule has 36 heavy (non-hydrogen) atoms. The summed E-state index contributed by atoms with van der Waals surface area (Å²) in [7, 11) is 2.97. The minimum Gasteiger partial charge on any atom is -0.481 e. The molecule has 11 nitrogen and oxygen atoms in total. The quantitative estimate of drug-likeness (QED) is 0.409. The summed E-state index contributed by atoms with van der Waals surface area (Å²) < 4.78 is 33.5. The number of hydrogen-bond acceptors (Lipinski definition) is 8. The lowest BCUT2D eigenvalue weighted by Gasteiger charge is -2.15. The standard InChI is InChI=1S/C22H22F2N6O5.ClH/c1-29(2)20-15(23)8-14(9-16(20)24)21-26-28-30(27-21)11-18(31)17(10-19(32)33)25-22(34)35-12-13-6-4-3-5-7-13;/h3-9,17H,10-12H2,1-2H3,(H,25,34)(H,32,33);1H. The molecule has 0 saturated carbocycles. The minimum absolute atomic E-state index is 0. The fraction of sp³-hybridized carbons (Fsp3) is 0.273. The second-order valence-electron chi connectivity index (χ2n) is 7.65. The number of Topliss-reactive ketones (excluding diaryl/α,β-unsaturated/α-hetero) is 1. The maximum Gasteiger partial charge on any atom is 0.408 e. The maximum atomic E-state index is 14.3. The topological polar surface area (TPSA) is 140 Å². The number of carbonyl (C=O) groups is 3. The first-order valence-electron chi connectivity index (χ1n) is 10.3. The number of rotatable bonds is 10. The number of halogens is 3. The van der Waals surface area contributed by atoms with Crippen LogP contribution in [0.1, 0.15) is 12.0 Å². The number of aromatic nitrogens is 4. The van der Waals surface area contributed by atoms with Crippen LogP contribution in [0.2, 0.25) is 0 Å². The van der Waals surface area contributed by atoms with Gasteiger partial charge in [-0.1, -0.05) is 30.3 Å². The average Bonchev–Trinajstić information content (AvgIpc) is 3.25. The van der Waals surface area contributed by atoms with E-state index < -0.39 is 48.5 Å². The van der Waals surface area contributed by atoms with Crippen molar-refractivity contribution in [2.75, 3.05) is 19.0 Å². The van der Waals surface area contributed by atoms with E-state index in [1.807, 2.05) is 0 Å². The van der Waals surface area contributed by atoms with Crippen molar-refractivity contribution in [3.8, 4) is 11.4 Å². The molecule has 0 radical (unpaired) electrons. The number of carboxylic acids is 1. The van der Waals surface area contributed by atoms with Crippen LogP contribution in [-0.4, -0.2) is 63.3 Å². The molecule has 3 aromatic rings. The zero-order valence-corrected chi connectivity index (χ0v) is 20.0. The van der Waals surface area contributed by atoms with Gasteiger partial charge in [-0.25, -0.2) is 13.6 Å². The molecule has 0 spiro atoms. The third-order valence-electron chi connectivity index (χ3n) is 4.74. The molecule has 1 atom stereocenters. The van der Waals surface area contributed by atoms with E-state index in [1.54, 1.807) is 30.3 Å². The first-order valence-corrected chi connectivity index (χ1v) is 10.3. The number of carboxylic acid groups (broad SMARTS) is 1. The van der Waals surface area contributed by atoms with Crippen molar-refractivity contribution in [1.29, 1.82) is 0 Å². The van der Waals surface area contributed by atoms with Gasteiger partial charge in [-0.3, -0.25) is 9.59 Å². The normalized spacial score (nSPS) is 11.2. The lowest BCUT2D eigenvalue weighted by Crippen LogP contribution is -2.44. The van der Waals surface area contributed by atoms with Gasteiger partial charge in [-0.15, -0.1) is 22.6 Å². The van der Waals surface area contributed by atoms with Crippen LogP contribution in [-0.2, 0) is 27.5 Å². The van der Waals surface area contributed by atoms with Gasteiger partial charge in [-0.05, 0) is 22.9 Å². The number of benzene rings is 2. The van der Waals surface area contributed by atoms with Crippen molar-refractivity contribution in [3.05, 3.63) is 59.7 Å². The van der Waals surface area contributed by atoms with E-state index in [9.17, 15) is 23.2 Å². The number of hydrogen-bond donors (Lipinski definition) is 2. The van der Waals surface area contributed by atoms with Gasteiger partial charge in [0.2, 0.25) is 5.82 Å². The number of nitrogens with one attached hydrogen (secondary N) is 1. The van der Waals surface area contributed by atoms with Crippen LogP contribution in [0.25, 0.3) is 11.4 Å². The fourth-order valence-corrected chi connectivity index (χ4v) is 3.12. The average molecular weight is 525 g/mol. The highest BCUT2D eigenvalue weighted by atomic mass is 35.5. The Labute approximate surface area is 210 Å². The van der Waals surface area contributed by atoms with Gasteiger partial charge < -0.3 is 20.1 Å². The molecular weight excluding hydrogens is 502 g/mol. The second kappa shape index (κ2) is 12.5. The summed E-state index contributed by atoms with van der Waals surface area (Å²) in [6.07, 6.45) is -1.68. The van der Waals surface area contributed by atoms with E-state index in [1.165, 1.54) is 19.0 Å². The molecule has 0 aliphatic heterocycles. The molecule has 1 unspecified atom stereocenters. The van der Waals surface area contributed by atoms with Gasteiger partial charge in [-0.2, -0.15) is 4.80 Å². The molecule has 1 aromatic heterocycles. The molecule has 0 bridgehead atoms. The SMILES string of the molecule is CN(C)c1c(F)cc(-c2nnn(CC(=O)C(CC(=O)O)NC(=O)OCc3ccccc3)n2)cc1F.Cl. The third kappa shape index (κ3) is 7.43. The molecule has 0 fully saturated rings. The zero-order chi connectivity index (χ0) is 25.5. The van der Waals surface area contributed by atoms with Crippen LogP contribution in [0.5, 0.6) is 0 Å². The summed E-state index contributed by atoms with van der Waals surface area (Å²) in [6.45, 7) is -0.626. The van der Waals surface area contributed by atoms with Gasteiger partial charge in [0, 0.05) is 19.7 Å². The number of ether oxygens (including phenoxy) is 1. The number of ketones is 1. The lowest BCUT2D eigenvalue weighted by atomic mass is 10.1. The molecule has 0 aliphatic carbocycles. The van der Waals surface area contributed by atoms with Crippen LogP contribution in [0, 0.1) is 11.6 Å². The first-order chi connectivity index (χ1) is 16.6. The smallest absolute Gasteiger partial charge is 0.408 e. The van der Waals surface area contributed by atoms with Gasteiger partial charge >= 0.3 is 12.1 Å². The number of nitrogens with zero attached hydrogens (tertiary/aromatic N) is 5. The van der Waals surface area contributed by atoms with Crippen molar-refractivity contribution < 1.29 is 33.0 Å². The van der Waals surface area contributed by atoms with Crippen molar-refractivity contribution >= 4 is 35.9 Å². The summed E-state index contributed by atoms with van der Waals surface area (Å²) in [5, 5.41) is 22.6. The molecule has 2 N–H and O–H groups in total. The second-order valence-corrected chi connectivity index (χ2v) is 7.65. The van der Waals surface area contributed by atoms with Crippen LogP contribution < -0.4 is 10.2 Å². The highest BCUT2D eigenvalue weighted by Crippen LogP contribution is 2.26. The molecule has 1 heterocycles. The lowest BCUT2D eigenvalue weighted by molar-refractivity contribution is -0.139. The predicted molar refractivity (Wildman–Crippen MR) is 126 cm³/mol. The molecule has 1 amide bonds. The number of anilines is 1. The van der Waals surface area contributed by atoms with E-state index in [4.69, 9.17) is 9.84 Å². The summed E-state index contributed by atoms with van der Waals surface area (Å²) >= 11 is 0. The van der Waals surface area contributed by atoms with Crippen molar-refractivity contribution in [3.63, 3.8) is 0 Å². The minimum atomic E-state index is -1.43. The molecule has 14 heteroatoms. The predicted octanol–water partition coefficient (Wildman–Crippen LogP) is 2.44. The fourth-order valence-electron chi connectivity index (χ4n) is 3.12. The summed E-state index contributed by atoms with van der Waals surface area (Å²) in [5.74, 6) is -3.89. The Hall–Kier alpha value is -4.13. The third-order valence-corrected chi connectivity index (χ3v) is 4.74. The van der Waals surface area contributed by atoms with E-state index in [0.29, 0.717) is 5.56 Å². The largest absolute Gasteiger partial charge is 0.481 e. The van der Waals surface area contributed by atoms with Gasteiger partial charge in [0.25, 0.3) is 0 Å². The number of alkyl carbamates (subject to hydrolysis) is 1. The highest BCUT2D eigenvalue weighted by Gasteiger charge is 2.26. The monoisotopic (exact) mass is 524 g/mol. The number of carbonyl (C=O) groups excluding carboxylic acids is 2. The van der Waals surface area contributed by atoms with Crippen molar-refractivity contribution in [2.24, 2.45) is 0 Å². The summed E-state index contributed by atoms with van der Waals surface area (Å²) in [4.78, 5) is 38.0. The molecule has 0 aliphatic rings. The van der Waals surface area contributed by atoms with Crippen LogP contribution in [0.4, 0.5) is 19.3 Å². The van der Waals surface area contributed by atoms with Gasteiger partial charge in [0.15, 0.2) is 5.78 Å². The van der Waals surface area contributed by atoms with Crippen molar-refractivity contribution in [1.82, 2.24) is 25.5 Å². The number of amides is 1. The summed E-state index contributed by atoms with van der Waals surface area (Å²) in [5.41, 5.74) is 0.460. The van der Waals surface area contributed by atoms with E-state index in [2.05, 4.69) is 20.7 Å². The molecule has 192 valence electrons. The first kappa shape index (κ1) is 28.1.